The molecule has 7 heteroatoms. The van der Waals surface area contributed by atoms with Crippen LogP contribution >= 0.6 is 0 Å². The van der Waals surface area contributed by atoms with E-state index in [0.717, 1.165) is 11.9 Å². The fourth-order valence-corrected chi connectivity index (χ4v) is 2.99. The van der Waals surface area contributed by atoms with E-state index in [9.17, 15) is 13.2 Å². The Morgan fingerprint density at radius 3 is 2.50 bits per heavy atom. The number of rotatable bonds is 7. The van der Waals surface area contributed by atoms with Crippen molar-refractivity contribution in [2.45, 2.75) is 6.54 Å². The molecule has 1 N–H and O–H groups in total. The topological polar surface area (TPSA) is 79.4 Å². The van der Waals surface area contributed by atoms with Gasteiger partial charge in [-0.25, -0.2) is 8.42 Å². The summed E-state index contributed by atoms with van der Waals surface area (Å²) in [4.78, 5) is 16.3. The highest BCUT2D eigenvalue weighted by Gasteiger charge is 2.16. The quantitative estimate of drug-likeness (QED) is 0.778. The highest BCUT2D eigenvalue weighted by atomic mass is 32.2. The molecule has 0 unspecified atom stereocenters. The second-order valence-corrected chi connectivity index (χ2v) is 7.04. The summed E-state index contributed by atoms with van der Waals surface area (Å²) in [5.41, 5.74) is 1.69. The molecule has 0 saturated heterocycles. The van der Waals surface area contributed by atoms with Gasteiger partial charge in [0, 0.05) is 11.8 Å². The summed E-state index contributed by atoms with van der Waals surface area (Å²) in [6.45, 7) is 4.06. The number of nitrogens with zero attached hydrogens (tertiary/aromatic N) is 2. The molecule has 6 nitrogen and oxygen atoms in total. The van der Waals surface area contributed by atoms with Crippen molar-refractivity contribution in [1.82, 2.24) is 10.3 Å². The lowest BCUT2D eigenvalue weighted by Gasteiger charge is -2.20. The average Bonchev–Trinajstić information content (AvgIpc) is 2.57. The number of nitrogens with one attached hydrogen (secondary N) is 1. The Balaban J connectivity index is 2.08. The first kappa shape index (κ1) is 17.7. The van der Waals surface area contributed by atoms with Gasteiger partial charge in [-0.05, 0) is 36.4 Å². The Hall–Kier alpha value is -2.67. The number of pyridine rings is 1. The first-order chi connectivity index (χ1) is 11.4. The van der Waals surface area contributed by atoms with E-state index in [1.807, 2.05) is 12.1 Å². The van der Waals surface area contributed by atoms with Crippen LogP contribution in [0.2, 0.25) is 0 Å². The van der Waals surface area contributed by atoms with Gasteiger partial charge in [-0.15, -0.1) is 6.58 Å². The molecule has 126 valence electrons. The van der Waals surface area contributed by atoms with Crippen molar-refractivity contribution in [3.05, 3.63) is 72.6 Å². The standard InChI is InChI=1S/C17H19N3O3S/c1-3-12-20(24(2,22)23)16-9-7-14(8-10-16)17(21)19-13-15-6-4-5-11-18-15/h3-11H,1,12-13H2,2H3,(H,19,21). The third-order valence-corrected chi connectivity index (χ3v) is 4.43. The maximum Gasteiger partial charge on any atom is 0.251 e. The monoisotopic (exact) mass is 345 g/mol. The molecule has 0 aliphatic rings. The lowest BCUT2D eigenvalue weighted by molar-refractivity contribution is 0.0950. The largest absolute Gasteiger partial charge is 0.346 e. The zero-order chi connectivity index (χ0) is 17.6. The molecule has 0 spiro atoms. The van der Waals surface area contributed by atoms with Crippen LogP contribution in [0.15, 0.2) is 61.3 Å². The number of carbonyl (C=O) groups is 1. The van der Waals surface area contributed by atoms with Gasteiger partial charge in [-0.1, -0.05) is 12.1 Å². The number of sulfonamides is 1. The Morgan fingerprint density at radius 2 is 1.96 bits per heavy atom. The number of carbonyl (C=O) groups excluding carboxylic acids is 1. The van der Waals surface area contributed by atoms with Crippen molar-refractivity contribution in [2.75, 3.05) is 17.1 Å². The highest BCUT2D eigenvalue weighted by molar-refractivity contribution is 7.92. The molecular weight excluding hydrogens is 326 g/mol. The summed E-state index contributed by atoms with van der Waals surface area (Å²) < 4.78 is 24.8. The van der Waals surface area contributed by atoms with Crippen molar-refractivity contribution < 1.29 is 13.2 Å². The lowest BCUT2D eigenvalue weighted by atomic mass is 10.2. The second kappa shape index (κ2) is 7.74. The maximum absolute atomic E-state index is 12.1. The molecule has 0 aliphatic heterocycles. The van der Waals surface area contributed by atoms with E-state index in [2.05, 4.69) is 16.9 Å². The summed E-state index contributed by atoms with van der Waals surface area (Å²) in [6, 6.07) is 11.8. The number of aromatic nitrogens is 1. The van der Waals surface area contributed by atoms with Crippen molar-refractivity contribution in [3.63, 3.8) is 0 Å². The number of amides is 1. The molecule has 1 aromatic heterocycles. The molecule has 1 heterocycles. The zero-order valence-electron chi connectivity index (χ0n) is 13.3. The average molecular weight is 345 g/mol. The molecule has 0 saturated carbocycles. The first-order valence-corrected chi connectivity index (χ1v) is 9.13. The van der Waals surface area contributed by atoms with Gasteiger partial charge in [-0.3, -0.25) is 14.1 Å². The first-order valence-electron chi connectivity index (χ1n) is 7.28. The van der Waals surface area contributed by atoms with E-state index < -0.39 is 10.0 Å². The van der Waals surface area contributed by atoms with E-state index >= 15 is 0 Å². The molecule has 1 aromatic carbocycles. The zero-order valence-corrected chi connectivity index (χ0v) is 14.2. The van der Waals surface area contributed by atoms with Gasteiger partial charge < -0.3 is 5.32 Å². The number of benzene rings is 1. The van der Waals surface area contributed by atoms with Gasteiger partial charge in [0.1, 0.15) is 0 Å². The molecule has 2 rings (SSSR count). The van der Waals surface area contributed by atoms with Crippen LogP contribution in [0, 0.1) is 0 Å². The Bertz CT molecular complexity index is 803. The van der Waals surface area contributed by atoms with Crippen LogP contribution in [0.3, 0.4) is 0 Å². The molecule has 0 bridgehead atoms. The van der Waals surface area contributed by atoms with Gasteiger partial charge in [0.05, 0.1) is 30.7 Å². The van der Waals surface area contributed by atoms with Crippen molar-refractivity contribution in [3.8, 4) is 0 Å². The smallest absolute Gasteiger partial charge is 0.251 e. The molecule has 0 aliphatic carbocycles. The maximum atomic E-state index is 12.1. The molecule has 1 amide bonds. The van der Waals surface area contributed by atoms with Gasteiger partial charge in [0.15, 0.2) is 0 Å². The summed E-state index contributed by atoms with van der Waals surface area (Å²) in [5.74, 6) is -0.248. The van der Waals surface area contributed by atoms with E-state index in [4.69, 9.17) is 0 Å². The minimum absolute atomic E-state index is 0.171. The van der Waals surface area contributed by atoms with Crippen LogP contribution in [-0.4, -0.2) is 32.1 Å². The minimum atomic E-state index is -3.41. The highest BCUT2D eigenvalue weighted by Crippen LogP contribution is 2.18. The number of hydrogen-bond acceptors (Lipinski definition) is 4. The fraction of sp³-hybridized carbons (Fsp3) is 0.176. The van der Waals surface area contributed by atoms with E-state index in [-0.39, 0.29) is 12.5 Å². The Labute approximate surface area is 141 Å². The normalized spacial score (nSPS) is 10.9. The van der Waals surface area contributed by atoms with Crippen LogP contribution < -0.4 is 9.62 Å². The molecule has 0 radical (unpaired) electrons. The summed E-state index contributed by atoms with van der Waals surface area (Å²) >= 11 is 0. The van der Waals surface area contributed by atoms with E-state index in [0.29, 0.717) is 17.8 Å². The third-order valence-electron chi connectivity index (χ3n) is 3.27. The number of hydrogen-bond donors (Lipinski definition) is 1. The van der Waals surface area contributed by atoms with Crippen molar-refractivity contribution in [1.29, 1.82) is 0 Å². The molecular formula is C17H19N3O3S. The molecule has 0 fully saturated rings. The van der Waals surface area contributed by atoms with Crippen LogP contribution in [-0.2, 0) is 16.6 Å². The van der Waals surface area contributed by atoms with Gasteiger partial charge in [-0.2, -0.15) is 0 Å². The van der Waals surface area contributed by atoms with Gasteiger partial charge in [0.2, 0.25) is 10.0 Å². The third kappa shape index (κ3) is 4.66. The van der Waals surface area contributed by atoms with Crippen LogP contribution in [0.25, 0.3) is 0 Å². The van der Waals surface area contributed by atoms with Crippen LogP contribution in [0.5, 0.6) is 0 Å². The molecule has 2 aromatic rings. The second-order valence-electron chi connectivity index (χ2n) is 5.13. The SMILES string of the molecule is C=CCN(c1ccc(C(=O)NCc2ccccn2)cc1)S(C)(=O)=O. The lowest BCUT2D eigenvalue weighted by Crippen LogP contribution is -2.30. The fourth-order valence-electron chi connectivity index (χ4n) is 2.10. The molecule has 24 heavy (non-hydrogen) atoms. The number of anilines is 1. The minimum Gasteiger partial charge on any atom is -0.346 e. The van der Waals surface area contributed by atoms with E-state index in [1.165, 1.54) is 10.4 Å². The van der Waals surface area contributed by atoms with Crippen LogP contribution in [0.4, 0.5) is 5.69 Å². The molecule has 0 atom stereocenters. The Morgan fingerprint density at radius 1 is 1.25 bits per heavy atom. The predicted molar refractivity (Wildman–Crippen MR) is 94.2 cm³/mol. The Kier molecular flexibility index (Phi) is 5.70. The summed E-state index contributed by atoms with van der Waals surface area (Å²) in [6.07, 6.45) is 4.30. The van der Waals surface area contributed by atoms with Crippen molar-refractivity contribution >= 4 is 21.6 Å². The summed E-state index contributed by atoms with van der Waals surface area (Å²) in [5, 5.41) is 2.77. The van der Waals surface area contributed by atoms with Gasteiger partial charge in [0.25, 0.3) is 5.91 Å². The summed E-state index contributed by atoms with van der Waals surface area (Å²) in [7, 11) is -3.41. The van der Waals surface area contributed by atoms with Gasteiger partial charge >= 0.3 is 0 Å². The predicted octanol–water partition coefficient (Wildman–Crippen LogP) is 1.96. The van der Waals surface area contributed by atoms with E-state index in [1.54, 1.807) is 36.5 Å². The van der Waals surface area contributed by atoms with Crippen LogP contribution in [0.1, 0.15) is 16.1 Å². The van der Waals surface area contributed by atoms with Crippen molar-refractivity contribution in [2.24, 2.45) is 0 Å².